The van der Waals surface area contributed by atoms with Crippen LogP contribution in [-0.4, -0.2) is 83.1 Å². The molecular formula is C33H40N6O7. The van der Waals surface area contributed by atoms with Gasteiger partial charge in [-0.1, -0.05) is 36.4 Å². The number of nitrogens with one attached hydrogen (secondary N) is 3. The van der Waals surface area contributed by atoms with E-state index in [9.17, 15) is 28.8 Å². The van der Waals surface area contributed by atoms with Crippen molar-refractivity contribution in [3.8, 4) is 5.75 Å². The topological polar surface area (TPSA) is 180 Å². The van der Waals surface area contributed by atoms with Gasteiger partial charge in [0.15, 0.2) is 0 Å². The number of fused-ring (bicyclic) bond motifs is 2. The average Bonchev–Trinajstić information content (AvgIpc) is 3.68. The monoisotopic (exact) mass is 632 g/mol. The quantitative estimate of drug-likeness (QED) is 0.331. The third kappa shape index (κ3) is 8.20. The van der Waals surface area contributed by atoms with Gasteiger partial charge in [-0.25, -0.2) is 0 Å². The predicted octanol–water partition coefficient (Wildman–Crippen LogP) is 0.748. The van der Waals surface area contributed by atoms with Gasteiger partial charge in [0.25, 0.3) is 5.91 Å². The molecule has 5 N–H and O–H groups in total. The lowest BCUT2D eigenvalue weighted by atomic mass is 10.1. The smallest absolute Gasteiger partial charge is 0.255 e. The Balaban J connectivity index is 1.35. The summed E-state index contributed by atoms with van der Waals surface area (Å²) in [5, 5.41) is 8.17. The number of hydrogen-bond donors (Lipinski definition) is 4. The van der Waals surface area contributed by atoms with Crippen LogP contribution in [-0.2, 0) is 37.1 Å². The molecule has 3 atom stereocenters. The van der Waals surface area contributed by atoms with E-state index in [-0.39, 0.29) is 49.4 Å². The number of hydrogen-bond acceptors (Lipinski definition) is 7. The Hall–Kier alpha value is -4.94. The Bertz CT molecular complexity index is 1500. The van der Waals surface area contributed by atoms with Crippen molar-refractivity contribution < 1.29 is 33.5 Å². The first-order valence-corrected chi connectivity index (χ1v) is 15.7. The van der Waals surface area contributed by atoms with Gasteiger partial charge in [0, 0.05) is 39.0 Å². The van der Waals surface area contributed by atoms with Gasteiger partial charge in [-0.2, -0.15) is 0 Å². The molecule has 2 aromatic rings. The maximum Gasteiger partial charge on any atom is 0.255 e. The van der Waals surface area contributed by atoms with Gasteiger partial charge < -0.3 is 36.2 Å². The van der Waals surface area contributed by atoms with E-state index in [4.69, 9.17) is 10.5 Å². The molecule has 0 aromatic heterocycles. The number of nitrogens with zero attached hydrogens (tertiary/aromatic N) is 2. The average molecular weight is 633 g/mol. The number of rotatable bonds is 8. The molecule has 2 aromatic carbocycles. The highest BCUT2D eigenvalue weighted by Crippen LogP contribution is 2.24. The molecule has 5 rings (SSSR count). The normalized spacial score (nSPS) is 22.2. The Morgan fingerprint density at radius 2 is 1.78 bits per heavy atom. The van der Waals surface area contributed by atoms with Gasteiger partial charge >= 0.3 is 0 Å². The van der Waals surface area contributed by atoms with Gasteiger partial charge in [0.2, 0.25) is 29.5 Å². The summed E-state index contributed by atoms with van der Waals surface area (Å²) in [5.74, 6) is -2.40. The highest BCUT2D eigenvalue weighted by Gasteiger charge is 2.36. The lowest BCUT2D eigenvalue weighted by Crippen LogP contribution is -2.54. The van der Waals surface area contributed by atoms with E-state index in [0.29, 0.717) is 38.2 Å². The first-order chi connectivity index (χ1) is 22.2. The molecule has 3 aliphatic rings. The van der Waals surface area contributed by atoms with Crippen LogP contribution in [0.1, 0.15) is 66.4 Å². The SMILES string of the molecule is NC(=O)CC[C@@H]1NC(=O)C[C@@H](C(=O)NCc2cccc(CN3CCCC3=O)c2)NC(=O)c2ccccc2OC[C@H]2CCCN2C1=O. The summed E-state index contributed by atoms with van der Waals surface area (Å²) in [6.07, 6.45) is 2.22. The molecule has 13 nitrogen and oxygen atoms in total. The van der Waals surface area contributed by atoms with E-state index in [0.717, 1.165) is 24.0 Å². The van der Waals surface area contributed by atoms with Crippen molar-refractivity contribution >= 4 is 35.4 Å². The lowest BCUT2D eigenvalue weighted by Gasteiger charge is -2.30. The summed E-state index contributed by atoms with van der Waals surface area (Å²) in [7, 11) is 0. The minimum absolute atomic E-state index is 0.00456. The number of carbonyl (C=O) groups excluding carboxylic acids is 6. The fourth-order valence-corrected chi connectivity index (χ4v) is 6.14. The molecule has 0 unspecified atom stereocenters. The van der Waals surface area contributed by atoms with E-state index in [1.165, 1.54) is 0 Å². The van der Waals surface area contributed by atoms with Crippen molar-refractivity contribution in [1.29, 1.82) is 0 Å². The second-order valence-corrected chi connectivity index (χ2v) is 11.9. The summed E-state index contributed by atoms with van der Waals surface area (Å²) < 4.78 is 6.04. The second kappa shape index (κ2) is 14.9. The molecule has 6 amide bonds. The largest absolute Gasteiger partial charge is 0.491 e. The molecule has 0 aliphatic carbocycles. The summed E-state index contributed by atoms with van der Waals surface area (Å²) in [6, 6.07) is 11.5. The van der Waals surface area contributed by atoms with Crippen molar-refractivity contribution in [3.63, 3.8) is 0 Å². The molecule has 46 heavy (non-hydrogen) atoms. The zero-order valence-electron chi connectivity index (χ0n) is 25.7. The highest BCUT2D eigenvalue weighted by molar-refractivity contribution is 6.01. The molecule has 3 heterocycles. The van der Waals surface area contributed by atoms with Crippen LogP contribution >= 0.6 is 0 Å². The van der Waals surface area contributed by atoms with Crippen LogP contribution in [0.2, 0.25) is 0 Å². The van der Waals surface area contributed by atoms with Gasteiger partial charge in [-0.15, -0.1) is 0 Å². The third-order valence-electron chi connectivity index (χ3n) is 8.55. The first kappa shape index (κ1) is 32.5. The van der Waals surface area contributed by atoms with E-state index < -0.39 is 42.1 Å². The van der Waals surface area contributed by atoms with Crippen LogP contribution in [0.4, 0.5) is 0 Å². The fourth-order valence-electron chi connectivity index (χ4n) is 6.14. The molecule has 2 saturated heterocycles. The number of ether oxygens (including phenoxy) is 1. The Labute approximate surface area is 267 Å². The minimum atomic E-state index is -1.29. The molecular weight excluding hydrogens is 592 g/mol. The summed E-state index contributed by atoms with van der Waals surface area (Å²) >= 11 is 0. The molecule has 3 aliphatic heterocycles. The van der Waals surface area contributed by atoms with Crippen LogP contribution in [0.5, 0.6) is 5.75 Å². The molecule has 0 spiro atoms. The van der Waals surface area contributed by atoms with Crippen molar-refractivity contribution in [2.75, 3.05) is 19.7 Å². The van der Waals surface area contributed by atoms with Crippen molar-refractivity contribution in [1.82, 2.24) is 25.8 Å². The van der Waals surface area contributed by atoms with Crippen molar-refractivity contribution in [2.45, 2.75) is 76.2 Å². The standard InChI is InChI=1S/C33H40N6O7/c34-28(40)13-12-25-33(45)39-15-4-8-23(39)20-46-27-10-2-1-9-24(27)31(43)37-26(17-29(41)36-25)32(44)35-18-21-6-3-7-22(16-21)19-38-14-5-11-30(38)42/h1-3,6-7,9-10,16,23,25-26H,4-5,8,11-15,17-20H2,(H2,34,40)(H,35,44)(H,36,41)(H,37,43)/t23-,25+,26+/m1/s1. The molecule has 13 heteroatoms. The number of para-hydroxylation sites is 1. The van der Waals surface area contributed by atoms with Gasteiger partial charge in [0.1, 0.15) is 24.4 Å². The summed E-state index contributed by atoms with van der Waals surface area (Å²) in [6.45, 7) is 1.89. The zero-order valence-corrected chi connectivity index (χ0v) is 25.7. The Morgan fingerprint density at radius 1 is 0.978 bits per heavy atom. The number of primary amides is 1. The first-order valence-electron chi connectivity index (χ1n) is 15.7. The van der Waals surface area contributed by atoms with Gasteiger partial charge in [-0.3, -0.25) is 28.8 Å². The van der Waals surface area contributed by atoms with Crippen LogP contribution < -0.4 is 26.4 Å². The predicted molar refractivity (Wildman–Crippen MR) is 166 cm³/mol. The van der Waals surface area contributed by atoms with Crippen LogP contribution in [0.15, 0.2) is 48.5 Å². The summed E-state index contributed by atoms with van der Waals surface area (Å²) in [4.78, 5) is 81.0. The van der Waals surface area contributed by atoms with Gasteiger partial charge in [-0.05, 0) is 48.9 Å². The number of benzene rings is 2. The van der Waals surface area contributed by atoms with E-state index in [1.54, 1.807) is 34.1 Å². The van der Waals surface area contributed by atoms with Crippen LogP contribution in [0.25, 0.3) is 0 Å². The molecule has 2 fully saturated rings. The molecule has 0 saturated carbocycles. The maximum absolute atomic E-state index is 13.6. The second-order valence-electron chi connectivity index (χ2n) is 11.9. The zero-order chi connectivity index (χ0) is 32.6. The summed E-state index contributed by atoms with van der Waals surface area (Å²) in [5.41, 5.74) is 7.25. The minimum Gasteiger partial charge on any atom is -0.491 e. The molecule has 0 radical (unpaired) electrons. The van der Waals surface area contributed by atoms with Crippen molar-refractivity contribution in [3.05, 3.63) is 65.2 Å². The van der Waals surface area contributed by atoms with E-state index in [2.05, 4.69) is 16.0 Å². The third-order valence-corrected chi connectivity index (χ3v) is 8.55. The van der Waals surface area contributed by atoms with E-state index in [1.807, 2.05) is 24.3 Å². The maximum atomic E-state index is 13.6. The molecule has 244 valence electrons. The van der Waals surface area contributed by atoms with Crippen LogP contribution in [0, 0.1) is 0 Å². The Morgan fingerprint density at radius 3 is 2.57 bits per heavy atom. The number of carbonyl (C=O) groups is 6. The fraction of sp³-hybridized carbons (Fsp3) is 0.455. The Kier molecular flexibility index (Phi) is 10.5. The van der Waals surface area contributed by atoms with Gasteiger partial charge in [0.05, 0.1) is 18.0 Å². The number of amides is 6. The van der Waals surface area contributed by atoms with Crippen LogP contribution in [0.3, 0.4) is 0 Å². The number of nitrogens with two attached hydrogens (primary N) is 1. The highest BCUT2D eigenvalue weighted by atomic mass is 16.5. The lowest BCUT2D eigenvalue weighted by molar-refractivity contribution is -0.138. The van der Waals surface area contributed by atoms with E-state index >= 15 is 0 Å². The molecule has 0 bridgehead atoms. The number of likely N-dealkylation sites (tertiary alicyclic amines) is 1. The van der Waals surface area contributed by atoms with Crippen molar-refractivity contribution in [2.24, 2.45) is 5.73 Å².